The quantitative estimate of drug-likeness (QED) is 0.253. The second-order valence-corrected chi connectivity index (χ2v) is 10.4. The van der Waals surface area contributed by atoms with E-state index in [1.54, 1.807) is 23.0 Å². The number of nitrogens with zero attached hydrogens (tertiary/aromatic N) is 4. The minimum Gasteiger partial charge on any atom is -0.384 e. The molecule has 1 fully saturated rings. The minimum absolute atomic E-state index is 0.0555. The maximum Gasteiger partial charge on any atom is 0.416 e. The number of halogens is 3. The van der Waals surface area contributed by atoms with Gasteiger partial charge in [-0.3, -0.25) is 19.3 Å². The molecule has 8 nitrogen and oxygen atoms in total. The highest BCUT2D eigenvalue weighted by atomic mass is 19.4. The van der Waals surface area contributed by atoms with Crippen molar-refractivity contribution in [3.05, 3.63) is 70.7 Å². The van der Waals surface area contributed by atoms with E-state index in [2.05, 4.69) is 25.7 Å². The van der Waals surface area contributed by atoms with Crippen molar-refractivity contribution < 1.29 is 18.0 Å². The third-order valence-corrected chi connectivity index (χ3v) is 7.67. The number of nitrogens with one attached hydrogen (secondary N) is 3. The van der Waals surface area contributed by atoms with Gasteiger partial charge in [0.15, 0.2) is 0 Å². The molecule has 3 N–H and O–H groups in total. The van der Waals surface area contributed by atoms with E-state index in [4.69, 9.17) is 0 Å². The number of hydrogen-bond acceptors (Lipinski definition) is 4. The molecule has 1 amide bonds. The van der Waals surface area contributed by atoms with Gasteiger partial charge >= 0.3 is 6.18 Å². The van der Waals surface area contributed by atoms with E-state index in [0.717, 1.165) is 66.7 Å². The van der Waals surface area contributed by atoms with Gasteiger partial charge in [0.2, 0.25) is 0 Å². The monoisotopic (exact) mass is 553 g/mol. The molecule has 3 heterocycles. The molecule has 4 aromatic rings. The summed E-state index contributed by atoms with van der Waals surface area (Å²) in [6.45, 7) is 8.61. The van der Waals surface area contributed by atoms with Gasteiger partial charge in [-0.15, -0.1) is 0 Å². The third kappa shape index (κ3) is 5.65. The number of carbonyl (C=O) groups excluding carboxylic acids is 1. The molecule has 1 aliphatic heterocycles. The van der Waals surface area contributed by atoms with Crippen LogP contribution in [0.1, 0.15) is 45.6 Å². The standard InChI is InChI=1S/C29H34F3N7O/c1-18-7-8-22(15-27(18)39-17-26(36-39)23-16-34-37(4)20(23)3)35-28(40)21-13-24(29(30,31)32)19(2)25(14-21)33-9-12-38-10-5-6-11-38/h7-8,13-17,33,36H,5-6,9-12H2,1-4H3,(H,35,40). The number of amides is 1. The van der Waals surface area contributed by atoms with Gasteiger partial charge in [0, 0.05) is 48.3 Å². The molecule has 0 radical (unpaired) electrons. The fraction of sp³-hybridized carbons (Fsp3) is 0.379. The van der Waals surface area contributed by atoms with Gasteiger partial charge in [-0.2, -0.15) is 18.3 Å². The van der Waals surface area contributed by atoms with Crippen LogP contribution in [0.2, 0.25) is 0 Å². The van der Waals surface area contributed by atoms with Gasteiger partial charge in [0.1, 0.15) is 0 Å². The molecular weight excluding hydrogens is 519 g/mol. The topological polar surface area (TPSA) is 82.9 Å². The predicted molar refractivity (Wildman–Crippen MR) is 150 cm³/mol. The Bertz CT molecular complexity index is 1510. The maximum atomic E-state index is 13.9. The number of carbonyl (C=O) groups is 1. The first-order chi connectivity index (χ1) is 19.0. The van der Waals surface area contributed by atoms with Crippen LogP contribution in [0.4, 0.5) is 24.5 Å². The van der Waals surface area contributed by atoms with Crippen LogP contribution in [0.25, 0.3) is 16.9 Å². The number of benzene rings is 2. The van der Waals surface area contributed by atoms with E-state index in [1.807, 2.05) is 37.8 Å². The Hall–Kier alpha value is -3.99. The van der Waals surface area contributed by atoms with E-state index in [9.17, 15) is 18.0 Å². The summed E-state index contributed by atoms with van der Waals surface area (Å²) < 4.78 is 45.3. The van der Waals surface area contributed by atoms with Crippen molar-refractivity contribution in [2.45, 2.75) is 39.8 Å². The van der Waals surface area contributed by atoms with Crippen LogP contribution in [0.15, 0.2) is 42.7 Å². The highest BCUT2D eigenvalue weighted by Crippen LogP contribution is 2.36. The molecule has 0 atom stereocenters. The summed E-state index contributed by atoms with van der Waals surface area (Å²) in [6.07, 6.45) is 1.43. The zero-order chi connectivity index (χ0) is 28.6. The highest BCUT2D eigenvalue weighted by molar-refractivity contribution is 6.05. The number of aromatic nitrogens is 4. The third-order valence-electron chi connectivity index (χ3n) is 7.67. The van der Waals surface area contributed by atoms with Crippen LogP contribution in [-0.2, 0) is 13.2 Å². The Labute approximate surface area is 231 Å². The van der Waals surface area contributed by atoms with Gasteiger partial charge in [-0.25, -0.2) is 0 Å². The average molecular weight is 554 g/mol. The lowest BCUT2D eigenvalue weighted by Crippen LogP contribution is -2.26. The van der Waals surface area contributed by atoms with Crippen molar-refractivity contribution in [2.75, 3.05) is 36.8 Å². The maximum absolute atomic E-state index is 13.9. The summed E-state index contributed by atoms with van der Waals surface area (Å²) >= 11 is 0. The Balaban J connectivity index is 1.35. The molecule has 1 saturated heterocycles. The molecule has 0 aliphatic carbocycles. The van der Waals surface area contributed by atoms with Crippen molar-refractivity contribution >= 4 is 17.3 Å². The van der Waals surface area contributed by atoms with Crippen LogP contribution in [0.5, 0.6) is 0 Å². The molecule has 212 valence electrons. The number of anilines is 2. The van der Waals surface area contributed by atoms with E-state index < -0.39 is 17.6 Å². The Morgan fingerprint density at radius 3 is 2.48 bits per heavy atom. The predicted octanol–water partition coefficient (Wildman–Crippen LogP) is 5.91. The Morgan fingerprint density at radius 2 is 1.82 bits per heavy atom. The van der Waals surface area contributed by atoms with Gasteiger partial charge < -0.3 is 15.5 Å². The smallest absolute Gasteiger partial charge is 0.384 e. The van der Waals surface area contributed by atoms with Crippen molar-refractivity contribution in [1.29, 1.82) is 0 Å². The summed E-state index contributed by atoms with van der Waals surface area (Å²) in [5, 5.41) is 13.5. The number of aryl methyl sites for hydroxylation is 2. The number of H-pyrrole nitrogens is 1. The average Bonchev–Trinajstić information content (AvgIpc) is 3.51. The molecule has 1 aliphatic rings. The number of aromatic amines is 1. The summed E-state index contributed by atoms with van der Waals surface area (Å²) in [4.78, 5) is 15.5. The summed E-state index contributed by atoms with van der Waals surface area (Å²) in [5.74, 6) is -0.610. The highest BCUT2D eigenvalue weighted by Gasteiger charge is 2.34. The van der Waals surface area contributed by atoms with Crippen LogP contribution in [0.3, 0.4) is 0 Å². The van der Waals surface area contributed by atoms with Crippen LogP contribution < -0.4 is 10.6 Å². The van der Waals surface area contributed by atoms with E-state index in [1.165, 1.54) is 13.0 Å². The Morgan fingerprint density at radius 1 is 1.10 bits per heavy atom. The number of alkyl halides is 3. The zero-order valence-electron chi connectivity index (χ0n) is 23.1. The van der Waals surface area contributed by atoms with E-state index in [-0.39, 0.29) is 11.1 Å². The fourth-order valence-corrected chi connectivity index (χ4v) is 5.10. The van der Waals surface area contributed by atoms with E-state index >= 15 is 0 Å². The molecule has 0 spiro atoms. The minimum atomic E-state index is -4.58. The van der Waals surface area contributed by atoms with Gasteiger partial charge in [-0.1, -0.05) is 6.07 Å². The molecule has 0 bridgehead atoms. The van der Waals surface area contributed by atoms with Crippen LogP contribution in [0, 0.1) is 20.8 Å². The molecule has 2 aromatic heterocycles. The largest absolute Gasteiger partial charge is 0.416 e. The van der Waals surface area contributed by atoms with Gasteiger partial charge in [0.05, 0.1) is 29.3 Å². The lowest BCUT2D eigenvalue weighted by molar-refractivity contribution is -0.138. The first-order valence-corrected chi connectivity index (χ1v) is 13.4. The van der Waals surface area contributed by atoms with Crippen molar-refractivity contribution in [3.63, 3.8) is 0 Å². The van der Waals surface area contributed by atoms with Crippen LogP contribution >= 0.6 is 0 Å². The van der Waals surface area contributed by atoms with Crippen molar-refractivity contribution in [1.82, 2.24) is 24.5 Å². The van der Waals surface area contributed by atoms with Crippen molar-refractivity contribution in [2.24, 2.45) is 7.05 Å². The van der Waals surface area contributed by atoms with Crippen LogP contribution in [-0.4, -0.2) is 56.5 Å². The molecular formula is C29H34F3N7O. The number of rotatable bonds is 8. The van der Waals surface area contributed by atoms with Gasteiger partial charge in [-0.05, 0) is 82.1 Å². The zero-order valence-corrected chi connectivity index (χ0v) is 23.1. The lowest BCUT2D eigenvalue weighted by Gasteiger charge is -2.20. The molecule has 2 aromatic carbocycles. The van der Waals surface area contributed by atoms with E-state index in [0.29, 0.717) is 17.9 Å². The first-order valence-electron chi connectivity index (χ1n) is 13.4. The number of likely N-dealkylation sites (tertiary alicyclic amines) is 1. The van der Waals surface area contributed by atoms with Crippen molar-refractivity contribution in [3.8, 4) is 16.9 Å². The normalized spacial score (nSPS) is 14.2. The summed E-state index contributed by atoms with van der Waals surface area (Å²) in [7, 11) is 1.88. The molecule has 11 heteroatoms. The Kier molecular flexibility index (Phi) is 7.50. The SMILES string of the molecule is Cc1ccc(NC(=O)c2cc(NCCN3CCCC3)c(C)c(C(F)(F)F)c2)cc1-n1cc(-c2cnn(C)c2C)[nH]1. The summed E-state index contributed by atoms with van der Waals surface area (Å²) in [5.41, 5.74) is 4.71. The summed E-state index contributed by atoms with van der Waals surface area (Å²) in [6, 6.07) is 7.81. The lowest BCUT2D eigenvalue weighted by atomic mass is 10.0. The number of hydrogen-bond donors (Lipinski definition) is 3. The molecule has 40 heavy (non-hydrogen) atoms. The fourth-order valence-electron chi connectivity index (χ4n) is 5.10. The molecule has 5 rings (SSSR count). The second-order valence-electron chi connectivity index (χ2n) is 10.4. The second kappa shape index (κ2) is 10.9. The molecule has 0 unspecified atom stereocenters. The first kappa shape index (κ1) is 27.6. The molecule has 0 saturated carbocycles. The van der Waals surface area contributed by atoms with Gasteiger partial charge in [0.25, 0.3) is 5.91 Å².